The molecule has 0 heterocycles. The van der Waals surface area contributed by atoms with Crippen LogP contribution in [0.15, 0.2) is 30.3 Å². The summed E-state index contributed by atoms with van der Waals surface area (Å²) in [5.74, 6) is 0.0578. The molecule has 4 heteroatoms. The Morgan fingerprint density at radius 2 is 1.85 bits per heavy atom. The second-order valence-electron chi connectivity index (χ2n) is 5.43. The third kappa shape index (κ3) is 4.08. The maximum atomic E-state index is 12.3. The van der Waals surface area contributed by atoms with Gasteiger partial charge in [0.15, 0.2) is 0 Å². The fourth-order valence-corrected chi connectivity index (χ4v) is 2.80. The summed E-state index contributed by atoms with van der Waals surface area (Å²) < 4.78 is 0. The average Bonchev–Trinajstić information content (AvgIpc) is 2.97. The Labute approximate surface area is 119 Å². The molecule has 0 bridgehead atoms. The topological polar surface area (TPSA) is 58.2 Å². The van der Waals surface area contributed by atoms with E-state index in [9.17, 15) is 9.59 Å². The molecule has 2 rings (SSSR count). The summed E-state index contributed by atoms with van der Waals surface area (Å²) in [6.45, 7) is 1.97. The largest absolute Gasteiger partial charge is 0.350 e. The number of hydrogen-bond donors (Lipinski definition) is 2. The lowest BCUT2D eigenvalue weighted by atomic mass is 9.97. The Morgan fingerprint density at radius 1 is 1.20 bits per heavy atom. The molecule has 1 unspecified atom stereocenters. The van der Waals surface area contributed by atoms with Gasteiger partial charge in [-0.3, -0.25) is 9.59 Å². The van der Waals surface area contributed by atoms with Gasteiger partial charge in [0.25, 0.3) is 0 Å². The first-order valence-corrected chi connectivity index (χ1v) is 7.25. The molecule has 0 aliphatic heterocycles. The Kier molecular flexibility index (Phi) is 5.16. The molecule has 1 aromatic carbocycles. The first-order chi connectivity index (χ1) is 9.66. The van der Waals surface area contributed by atoms with E-state index >= 15 is 0 Å². The standard InChI is InChI=1S/C16H22N2O2/c1-12(19)18-15(14-9-5-6-10-14)16(20)17-11-13-7-3-2-4-8-13/h2-4,7-8,14-15H,5-6,9-11H2,1H3,(H,17,20)(H,18,19). The highest BCUT2D eigenvalue weighted by Crippen LogP contribution is 2.27. The number of amides is 2. The molecule has 20 heavy (non-hydrogen) atoms. The molecular formula is C16H22N2O2. The Morgan fingerprint density at radius 3 is 2.45 bits per heavy atom. The van der Waals surface area contributed by atoms with Crippen molar-refractivity contribution in [3.05, 3.63) is 35.9 Å². The molecule has 0 saturated heterocycles. The lowest BCUT2D eigenvalue weighted by Gasteiger charge is -2.23. The highest BCUT2D eigenvalue weighted by molar-refractivity contribution is 5.87. The number of rotatable bonds is 5. The molecule has 4 nitrogen and oxygen atoms in total. The molecule has 1 aliphatic rings. The van der Waals surface area contributed by atoms with Crippen molar-refractivity contribution in [3.8, 4) is 0 Å². The fourth-order valence-electron chi connectivity index (χ4n) is 2.80. The van der Waals surface area contributed by atoms with Crippen molar-refractivity contribution < 1.29 is 9.59 Å². The molecule has 2 N–H and O–H groups in total. The van der Waals surface area contributed by atoms with E-state index in [0.717, 1.165) is 31.2 Å². The predicted octanol–water partition coefficient (Wildman–Crippen LogP) is 2.00. The van der Waals surface area contributed by atoms with E-state index in [-0.39, 0.29) is 17.7 Å². The highest BCUT2D eigenvalue weighted by Gasteiger charge is 2.30. The predicted molar refractivity (Wildman–Crippen MR) is 77.9 cm³/mol. The van der Waals surface area contributed by atoms with Crippen LogP contribution in [0.3, 0.4) is 0 Å². The Bertz CT molecular complexity index is 453. The molecular weight excluding hydrogens is 252 g/mol. The lowest BCUT2D eigenvalue weighted by Crippen LogP contribution is -2.49. The van der Waals surface area contributed by atoms with Crippen molar-refractivity contribution in [1.82, 2.24) is 10.6 Å². The third-order valence-electron chi connectivity index (χ3n) is 3.82. The minimum Gasteiger partial charge on any atom is -0.350 e. The highest BCUT2D eigenvalue weighted by atomic mass is 16.2. The Hall–Kier alpha value is -1.84. The quantitative estimate of drug-likeness (QED) is 0.862. The minimum atomic E-state index is -0.390. The van der Waals surface area contributed by atoms with Crippen molar-refractivity contribution in [1.29, 1.82) is 0 Å². The van der Waals surface area contributed by atoms with E-state index in [0.29, 0.717) is 6.54 Å². The van der Waals surface area contributed by atoms with Gasteiger partial charge in [-0.15, -0.1) is 0 Å². The van der Waals surface area contributed by atoms with E-state index in [4.69, 9.17) is 0 Å². The van der Waals surface area contributed by atoms with Gasteiger partial charge in [0.1, 0.15) is 6.04 Å². The monoisotopic (exact) mass is 274 g/mol. The van der Waals surface area contributed by atoms with Crippen LogP contribution in [0.1, 0.15) is 38.2 Å². The van der Waals surface area contributed by atoms with Crippen LogP contribution in [0.4, 0.5) is 0 Å². The summed E-state index contributed by atoms with van der Waals surface area (Å²) in [7, 11) is 0. The van der Waals surface area contributed by atoms with E-state index in [1.807, 2.05) is 30.3 Å². The van der Waals surface area contributed by atoms with Gasteiger partial charge in [-0.25, -0.2) is 0 Å². The van der Waals surface area contributed by atoms with Crippen LogP contribution >= 0.6 is 0 Å². The van der Waals surface area contributed by atoms with Crippen LogP contribution < -0.4 is 10.6 Å². The van der Waals surface area contributed by atoms with Crippen LogP contribution in [0.2, 0.25) is 0 Å². The first-order valence-electron chi connectivity index (χ1n) is 7.25. The molecule has 108 valence electrons. The van der Waals surface area contributed by atoms with Crippen LogP contribution in [0.5, 0.6) is 0 Å². The molecule has 0 radical (unpaired) electrons. The van der Waals surface area contributed by atoms with Gasteiger partial charge in [-0.05, 0) is 24.3 Å². The number of nitrogens with one attached hydrogen (secondary N) is 2. The SMILES string of the molecule is CC(=O)NC(C(=O)NCc1ccccc1)C1CCCC1. The maximum Gasteiger partial charge on any atom is 0.243 e. The van der Waals surface area contributed by atoms with Crippen molar-refractivity contribution in [2.45, 2.75) is 45.2 Å². The maximum absolute atomic E-state index is 12.3. The summed E-state index contributed by atoms with van der Waals surface area (Å²) in [4.78, 5) is 23.6. The van der Waals surface area contributed by atoms with Gasteiger partial charge < -0.3 is 10.6 Å². The molecule has 1 aliphatic carbocycles. The summed E-state index contributed by atoms with van der Waals surface area (Å²) in [6, 6.07) is 9.41. The third-order valence-corrected chi connectivity index (χ3v) is 3.82. The van der Waals surface area contributed by atoms with Gasteiger partial charge in [-0.2, -0.15) is 0 Å². The van der Waals surface area contributed by atoms with Crippen LogP contribution in [0.25, 0.3) is 0 Å². The molecule has 0 spiro atoms. The van der Waals surface area contributed by atoms with Crippen LogP contribution in [0, 0.1) is 5.92 Å². The molecule has 1 atom stereocenters. The van der Waals surface area contributed by atoms with Crippen molar-refractivity contribution >= 4 is 11.8 Å². The lowest BCUT2D eigenvalue weighted by molar-refractivity contribution is -0.129. The van der Waals surface area contributed by atoms with Gasteiger partial charge in [-0.1, -0.05) is 43.2 Å². The number of carbonyl (C=O) groups excluding carboxylic acids is 2. The molecule has 1 fully saturated rings. The van der Waals surface area contributed by atoms with E-state index < -0.39 is 6.04 Å². The van der Waals surface area contributed by atoms with Crippen molar-refractivity contribution in [2.24, 2.45) is 5.92 Å². The molecule has 1 saturated carbocycles. The van der Waals surface area contributed by atoms with Gasteiger partial charge in [0.05, 0.1) is 0 Å². The van der Waals surface area contributed by atoms with Crippen molar-refractivity contribution in [3.63, 3.8) is 0 Å². The molecule has 2 amide bonds. The smallest absolute Gasteiger partial charge is 0.243 e. The zero-order valence-electron chi connectivity index (χ0n) is 11.9. The summed E-state index contributed by atoms with van der Waals surface area (Å²) in [6.07, 6.45) is 4.33. The zero-order valence-corrected chi connectivity index (χ0v) is 11.9. The fraction of sp³-hybridized carbons (Fsp3) is 0.500. The van der Waals surface area contributed by atoms with E-state index in [2.05, 4.69) is 10.6 Å². The van der Waals surface area contributed by atoms with Gasteiger partial charge >= 0.3 is 0 Å². The molecule has 0 aromatic heterocycles. The summed E-state index contributed by atoms with van der Waals surface area (Å²) in [5.41, 5.74) is 1.06. The van der Waals surface area contributed by atoms with Crippen LogP contribution in [-0.2, 0) is 16.1 Å². The van der Waals surface area contributed by atoms with Crippen LogP contribution in [-0.4, -0.2) is 17.9 Å². The average molecular weight is 274 g/mol. The van der Waals surface area contributed by atoms with Crippen molar-refractivity contribution in [2.75, 3.05) is 0 Å². The normalized spacial score (nSPS) is 16.6. The van der Waals surface area contributed by atoms with Gasteiger partial charge in [0, 0.05) is 13.5 Å². The van der Waals surface area contributed by atoms with E-state index in [1.165, 1.54) is 6.92 Å². The minimum absolute atomic E-state index is 0.0732. The zero-order chi connectivity index (χ0) is 14.4. The number of benzene rings is 1. The first kappa shape index (κ1) is 14.6. The van der Waals surface area contributed by atoms with Gasteiger partial charge in [0.2, 0.25) is 11.8 Å². The molecule has 1 aromatic rings. The second-order valence-corrected chi connectivity index (χ2v) is 5.43. The Balaban J connectivity index is 1.93. The van der Waals surface area contributed by atoms with E-state index in [1.54, 1.807) is 0 Å². The number of carbonyl (C=O) groups is 2. The summed E-state index contributed by atoms with van der Waals surface area (Å²) in [5, 5.41) is 5.73. The summed E-state index contributed by atoms with van der Waals surface area (Å²) >= 11 is 0. The number of hydrogen-bond acceptors (Lipinski definition) is 2. The second kappa shape index (κ2) is 7.08.